The summed E-state index contributed by atoms with van der Waals surface area (Å²) in [7, 11) is 0. The Labute approximate surface area is 99.6 Å². The predicted molar refractivity (Wildman–Crippen MR) is 66.0 cm³/mol. The van der Waals surface area contributed by atoms with Gasteiger partial charge in [-0.2, -0.15) is 0 Å². The molecule has 4 heteroatoms. The van der Waals surface area contributed by atoms with E-state index in [1.165, 1.54) is 4.68 Å². The van der Waals surface area contributed by atoms with Gasteiger partial charge in [0.05, 0.1) is 6.61 Å². The second-order valence-electron chi connectivity index (χ2n) is 3.61. The van der Waals surface area contributed by atoms with E-state index in [-0.39, 0.29) is 0 Å². The molecule has 1 aromatic heterocycles. The van der Waals surface area contributed by atoms with Crippen molar-refractivity contribution >= 4 is 5.97 Å². The minimum absolute atomic E-state index is 0.338. The first-order valence-electron chi connectivity index (χ1n) is 5.42. The summed E-state index contributed by atoms with van der Waals surface area (Å²) in [6, 6.07) is 11.5. The van der Waals surface area contributed by atoms with E-state index in [0.29, 0.717) is 12.3 Å². The number of nitrogens with zero attached hydrogens (tertiary/aromatic N) is 1. The molecule has 0 aliphatic heterocycles. The molecule has 4 nitrogen and oxygen atoms in total. The van der Waals surface area contributed by atoms with Gasteiger partial charge in [-0.15, -0.1) is 0 Å². The van der Waals surface area contributed by atoms with Gasteiger partial charge in [0.25, 0.3) is 0 Å². The van der Waals surface area contributed by atoms with Gasteiger partial charge in [0.15, 0.2) is 0 Å². The van der Waals surface area contributed by atoms with E-state index in [9.17, 15) is 4.79 Å². The number of nitrogen functional groups attached to an aromatic ring is 1. The summed E-state index contributed by atoms with van der Waals surface area (Å²) < 4.78 is 6.21. The van der Waals surface area contributed by atoms with Gasteiger partial charge in [-0.05, 0) is 18.6 Å². The molecule has 0 saturated heterocycles. The van der Waals surface area contributed by atoms with Crippen molar-refractivity contribution in [3.05, 3.63) is 48.3 Å². The highest BCUT2D eigenvalue weighted by Crippen LogP contribution is 2.21. The molecule has 0 atom stereocenters. The summed E-state index contributed by atoms with van der Waals surface area (Å²) in [4.78, 5) is 11.6. The van der Waals surface area contributed by atoms with Crippen molar-refractivity contribution in [1.82, 2.24) is 4.68 Å². The third-order valence-corrected chi connectivity index (χ3v) is 2.44. The highest BCUT2D eigenvalue weighted by molar-refractivity contribution is 5.89. The maximum atomic E-state index is 11.6. The summed E-state index contributed by atoms with van der Waals surface area (Å²) in [6.07, 6.45) is 1.71. The van der Waals surface area contributed by atoms with Gasteiger partial charge in [0.2, 0.25) is 0 Å². The topological polar surface area (TPSA) is 57.2 Å². The average Bonchev–Trinajstić information content (AvgIpc) is 2.73. The van der Waals surface area contributed by atoms with Gasteiger partial charge in [-0.25, -0.2) is 4.79 Å². The zero-order valence-corrected chi connectivity index (χ0v) is 9.59. The van der Waals surface area contributed by atoms with Crippen LogP contribution in [0.2, 0.25) is 0 Å². The number of hydrogen-bond donors (Lipinski definition) is 1. The summed E-state index contributed by atoms with van der Waals surface area (Å²) in [5.74, 6) is 5.32. The number of esters is 1. The second kappa shape index (κ2) is 4.74. The van der Waals surface area contributed by atoms with E-state index in [2.05, 4.69) is 0 Å². The summed E-state index contributed by atoms with van der Waals surface area (Å²) in [6.45, 7) is 2.10. The SMILES string of the molecule is CCOC(=O)c1cc(-c2ccccc2)cn1N. The largest absolute Gasteiger partial charge is 0.461 e. The van der Waals surface area contributed by atoms with E-state index in [1.807, 2.05) is 30.3 Å². The quantitative estimate of drug-likeness (QED) is 0.648. The van der Waals surface area contributed by atoms with Crippen LogP contribution < -0.4 is 5.84 Å². The number of ether oxygens (including phenoxy) is 1. The van der Waals surface area contributed by atoms with Crippen LogP contribution in [-0.2, 0) is 4.74 Å². The van der Waals surface area contributed by atoms with Gasteiger partial charge < -0.3 is 10.6 Å². The van der Waals surface area contributed by atoms with Gasteiger partial charge >= 0.3 is 5.97 Å². The lowest BCUT2D eigenvalue weighted by Crippen LogP contribution is -2.16. The number of aromatic nitrogens is 1. The fourth-order valence-electron chi connectivity index (χ4n) is 1.64. The number of hydrogen-bond acceptors (Lipinski definition) is 3. The molecule has 1 aromatic carbocycles. The minimum Gasteiger partial charge on any atom is -0.461 e. The van der Waals surface area contributed by atoms with Gasteiger partial charge in [0.1, 0.15) is 5.69 Å². The Hall–Kier alpha value is -2.23. The fourth-order valence-corrected chi connectivity index (χ4v) is 1.64. The lowest BCUT2D eigenvalue weighted by Gasteiger charge is -2.01. The first-order chi connectivity index (χ1) is 8.22. The van der Waals surface area contributed by atoms with Crippen LogP contribution in [0, 0.1) is 0 Å². The van der Waals surface area contributed by atoms with Crippen molar-refractivity contribution in [3.63, 3.8) is 0 Å². The van der Waals surface area contributed by atoms with E-state index in [4.69, 9.17) is 10.6 Å². The Kier molecular flexibility index (Phi) is 3.14. The molecule has 2 N–H and O–H groups in total. The van der Waals surface area contributed by atoms with Crippen LogP contribution in [0.3, 0.4) is 0 Å². The van der Waals surface area contributed by atoms with E-state index in [1.54, 1.807) is 19.2 Å². The molecule has 0 radical (unpaired) electrons. The number of carbonyl (C=O) groups is 1. The van der Waals surface area contributed by atoms with Crippen LogP contribution in [0.1, 0.15) is 17.4 Å². The normalized spacial score (nSPS) is 10.2. The van der Waals surface area contributed by atoms with Crippen LogP contribution in [0.15, 0.2) is 42.6 Å². The molecular formula is C13H14N2O2. The lowest BCUT2D eigenvalue weighted by atomic mass is 10.1. The third-order valence-electron chi connectivity index (χ3n) is 2.44. The summed E-state index contributed by atoms with van der Waals surface area (Å²) >= 11 is 0. The molecule has 2 rings (SSSR count). The third kappa shape index (κ3) is 2.30. The van der Waals surface area contributed by atoms with Crippen LogP contribution in [0.5, 0.6) is 0 Å². The zero-order chi connectivity index (χ0) is 12.3. The Morgan fingerprint density at radius 3 is 2.65 bits per heavy atom. The molecular weight excluding hydrogens is 216 g/mol. The highest BCUT2D eigenvalue weighted by Gasteiger charge is 2.13. The molecule has 1 heterocycles. The first-order valence-corrected chi connectivity index (χ1v) is 5.42. The van der Waals surface area contributed by atoms with E-state index >= 15 is 0 Å². The van der Waals surface area contributed by atoms with E-state index < -0.39 is 5.97 Å². The minimum atomic E-state index is -0.405. The molecule has 0 saturated carbocycles. The first kappa shape index (κ1) is 11.3. The molecule has 0 fully saturated rings. The maximum Gasteiger partial charge on any atom is 0.356 e. The second-order valence-corrected chi connectivity index (χ2v) is 3.61. The average molecular weight is 230 g/mol. The number of carbonyl (C=O) groups excluding carboxylic acids is 1. The molecule has 0 unspecified atom stereocenters. The van der Waals surface area contributed by atoms with Crippen molar-refractivity contribution < 1.29 is 9.53 Å². The van der Waals surface area contributed by atoms with Crippen LogP contribution in [0.4, 0.5) is 0 Å². The molecule has 0 amide bonds. The summed E-state index contributed by atoms with van der Waals surface area (Å²) in [5.41, 5.74) is 2.27. The maximum absolute atomic E-state index is 11.6. The highest BCUT2D eigenvalue weighted by atomic mass is 16.5. The summed E-state index contributed by atoms with van der Waals surface area (Å²) in [5, 5.41) is 0. The molecule has 0 aliphatic rings. The van der Waals surface area contributed by atoms with Crippen LogP contribution in [0.25, 0.3) is 11.1 Å². The standard InChI is InChI=1S/C13H14N2O2/c1-2-17-13(16)12-8-11(9-15(12)14)10-6-4-3-5-7-10/h3-9H,2,14H2,1H3. The Bertz CT molecular complexity index is 517. The Morgan fingerprint density at radius 1 is 1.29 bits per heavy atom. The molecule has 17 heavy (non-hydrogen) atoms. The van der Waals surface area contributed by atoms with Gasteiger partial charge in [0, 0.05) is 11.8 Å². The molecule has 0 spiro atoms. The smallest absolute Gasteiger partial charge is 0.356 e. The zero-order valence-electron chi connectivity index (χ0n) is 9.59. The van der Waals surface area contributed by atoms with E-state index in [0.717, 1.165) is 11.1 Å². The van der Waals surface area contributed by atoms with Crippen molar-refractivity contribution in [2.45, 2.75) is 6.92 Å². The van der Waals surface area contributed by atoms with Gasteiger partial charge in [-0.1, -0.05) is 30.3 Å². The monoisotopic (exact) mass is 230 g/mol. The van der Waals surface area contributed by atoms with Crippen LogP contribution in [-0.4, -0.2) is 17.3 Å². The predicted octanol–water partition coefficient (Wildman–Crippen LogP) is 2.05. The molecule has 0 aliphatic carbocycles. The Morgan fingerprint density at radius 2 is 2.00 bits per heavy atom. The molecule has 0 bridgehead atoms. The number of rotatable bonds is 3. The number of nitrogens with two attached hydrogens (primary N) is 1. The van der Waals surface area contributed by atoms with Crippen molar-refractivity contribution in [3.8, 4) is 11.1 Å². The number of benzene rings is 1. The van der Waals surface area contributed by atoms with Crippen molar-refractivity contribution in [1.29, 1.82) is 0 Å². The lowest BCUT2D eigenvalue weighted by molar-refractivity contribution is 0.0516. The molecule has 88 valence electrons. The van der Waals surface area contributed by atoms with Crippen molar-refractivity contribution in [2.24, 2.45) is 0 Å². The van der Waals surface area contributed by atoms with Gasteiger partial charge in [-0.3, -0.25) is 4.68 Å². The van der Waals surface area contributed by atoms with Crippen molar-refractivity contribution in [2.75, 3.05) is 12.4 Å². The molecule has 2 aromatic rings. The Balaban J connectivity index is 2.34. The fraction of sp³-hybridized carbons (Fsp3) is 0.154. The van der Waals surface area contributed by atoms with Crippen LogP contribution >= 0.6 is 0 Å².